The second-order valence-electron chi connectivity index (χ2n) is 5.52. The van der Waals surface area contributed by atoms with Crippen LogP contribution in [0.15, 0.2) is 70.6 Å². The van der Waals surface area contributed by atoms with Gasteiger partial charge >= 0.3 is 0 Å². The van der Waals surface area contributed by atoms with Crippen LogP contribution in [0, 0.1) is 5.21 Å². The molecule has 4 nitrogen and oxygen atoms in total. The van der Waals surface area contributed by atoms with Crippen molar-refractivity contribution in [1.82, 2.24) is 0 Å². The molecule has 0 saturated carbocycles. The Balaban J connectivity index is 2.11. The molecule has 106 valence electrons. The lowest BCUT2D eigenvalue weighted by Crippen LogP contribution is -3.18. The van der Waals surface area contributed by atoms with E-state index in [4.69, 9.17) is 0 Å². The third kappa shape index (κ3) is 2.63. The van der Waals surface area contributed by atoms with Crippen molar-refractivity contribution in [2.45, 2.75) is 19.5 Å². The zero-order chi connectivity index (χ0) is 14.9. The topological polar surface area (TPSA) is 52.2 Å². The van der Waals surface area contributed by atoms with Crippen molar-refractivity contribution in [3.05, 3.63) is 77.0 Å². The van der Waals surface area contributed by atoms with Crippen LogP contribution in [-0.4, -0.2) is 17.3 Å². The van der Waals surface area contributed by atoms with E-state index in [9.17, 15) is 5.21 Å². The van der Waals surface area contributed by atoms with Gasteiger partial charge in [0.25, 0.3) is 0 Å². The van der Waals surface area contributed by atoms with E-state index in [-0.39, 0.29) is 5.06 Å². The average Bonchev–Trinajstić information content (AvgIpc) is 2.51. The van der Waals surface area contributed by atoms with E-state index in [1.54, 1.807) is 0 Å². The normalized spacial score (nSPS) is 20.6. The quantitative estimate of drug-likeness (QED) is 0.840. The molecule has 0 fully saturated rings. The molecule has 1 aliphatic heterocycles. The Hall–Kier alpha value is -2.30. The number of hydrogen-bond donors (Lipinski definition) is 1. The molecule has 0 radical (unpaired) electrons. The van der Waals surface area contributed by atoms with E-state index < -0.39 is 5.66 Å². The Morgan fingerprint density at radius 3 is 1.95 bits per heavy atom. The van der Waals surface area contributed by atoms with Crippen LogP contribution in [0.2, 0.25) is 0 Å². The Morgan fingerprint density at radius 2 is 1.38 bits per heavy atom. The number of rotatable bonds is 2. The number of quaternary nitrogens is 1. The number of benzene rings is 2. The Labute approximate surface area is 124 Å². The Kier molecular flexibility index (Phi) is 3.41. The molecule has 3 rings (SSSR count). The molecule has 0 bridgehead atoms. The zero-order valence-electron chi connectivity index (χ0n) is 12.1. The van der Waals surface area contributed by atoms with Crippen LogP contribution in [0.4, 0.5) is 0 Å². The molecule has 0 spiro atoms. The van der Waals surface area contributed by atoms with E-state index >= 15 is 0 Å². The Morgan fingerprint density at radius 1 is 0.857 bits per heavy atom. The number of hydrogen-bond acceptors (Lipinski definition) is 3. The van der Waals surface area contributed by atoms with Crippen molar-refractivity contribution in [1.29, 1.82) is 0 Å². The molecule has 0 amide bonds. The fraction of sp³-hybridized carbons (Fsp3) is 0.176. The van der Waals surface area contributed by atoms with Crippen LogP contribution in [0.1, 0.15) is 25.0 Å². The molecule has 1 aliphatic rings. The second-order valence-corrected chi connectivity index (χ2v) is 5.52. The van der Waals surface area contributed by atoms with Crippen LogP contribution in [0.25, 0.3) is 0 Å². The van der Waals surface area contributed by atoms with Gasteiger partial charge in [-0.1, -0.05) is 48.5 Å². The van der Waals surface area contributed by atoms with Gasteiger partial charge in [0, 0.05) is 19.4 Å². The summed E-state index contributed by atoms with van der Waals surface area (Å²) in [5.41, 5.74) is 0.961. The van der Waals surface area contributed by atoms with E-state index in [0.29, 0.717) is 11.7 Å². The molecule has 0 saturated heterocycles. The fourth-order valence-electron chi connectivity index (χ4n) is 2.29. The van der Waals surface area contributed by atoms with Gasteiger partial charge in [-0.3, -0.25) is 0 Å². The highest BCUT2D eigenvalue weighted by atomic mass is 16.5. The number of nitrogens with one attached hydrogen (secondary N) is 1. The summed E-state index contributed by atoms with van der Waals surface area (Å²) in [5.74, 6) is 1.09. The summed E-state index contributed by atoms with van der Waals surface area (Å²) >= 11 is 0. The largest absolute Gasteiger partial charge is 0.626 e. The van der Waals surface area contributed by atoms with Gasteiger partial charge in [0.05, 0.1) is 5.56 Å². The first-order valence-corrected chi connectivity index (χ1v) is 6.92. The minimum absolute atomic E-state index is 0.0478. The molecule has 0 aliphatic carbocycles. The smallest absolute Gasteiger partial charge is 0.237 e. The van der Waals surface area contributed by atoms with Gasteiger partial charge in [0.1, 0.15) is 0 Å². The molecule has 0 aromatic heterocycles. The maximum Gasteiger partial charge on any atom is 0.237 e. The third-order valence-electron chi connectivity index (χ3n) is 3.45. The highest BCUT2D eigenvalue weighted by Gasteiger charge is 2.34. The summed E-state index contributed by atoms with van der Waals surface area (Å²) in [5, 5.41) is 12.5. The van der Waals surface area contributed by atoms with Crippen LogP contribution in [-0.2, 0) is 0 Å². The monoisotopic (exact) mass is 279 g/mol. The first-order valence-electron chi connectivity index (χ1n) is 6.92. The maximum absolute atomic E-state index is 12.6. The summed E-state index contributed by atoms with van der Waals surface area (Å²) in [6.07, 6.45) is 0. The van der Waals surface area contributed by atoms with Crippen molar-refractivity contribution in [3.8, 4) is 0 Å². The molecule has 2 aromatic rings. The van der Waals surface area contributed by atoms with Gasteiger partial charge < -0.3 is 10.3 Å². The molecule has 1 N–H and O–H groups in total. The number of amidine groups is 2. The predicted octanol–water partition coefficient (Wildman–Crippen LogP) is 2.01. The number of nitrogens with zero attached hydrogens (tertiary/aromatic N) is 2. The molecule has 1 unspecified atom stereocenters. The lowest BCUT2D eigenvalue weighted by atomic mass is 10.1. The highest BCUT2D eigenvalue weighted by molar-refractivity contribution is 6.09. The number of aliphatic imine (C=N–C) groups is 2. The third-order valence-corrected chi connectivity index (χ3v) is 3.45. The SMILES string of the molecule is CC1(C)N=C(c2ccccc2)N=C(c2ccccc2)[NH+]1[O-]. The van der Waals surface area contributed by atoms with Crippen molar-refractivity contribution < 1.29 is 5.06 Å². The van der Waals surface area contributed by atoms with Crippen LogP contribution >= 0.6 is 0 Å². The predicted molar refractivity (Wildman–Crippen MR) is 84.4 cm³/mol. The summed E-state index contributed by atoms with van der Waals surface area (Å²) in [4.78, 5) is 9.04. The van der Waals surface area contributed by atoms with Gasteiger partial charge in [-0.25, -0.2) is 4.99 Å². The molecular formula is C17H17N3O. The molecular weight excluding hydrogens is 262 g/mol. The standard InChI is InChI=1S/C17H17N3O/c1-17(2)19-15(13-9-5-3-6-10-13)18-16(20(17)21)14-11-7-4-8-12-14/h3-12,20H,1-2H3. The van der Waals surface area contributed by atoms with Gasteiger partial charge in [-0.15, -0.1) is 0 Å². The van der Waals surface area contributed by atoms with Crippen molar-refractivity contribution in [3.63, 3.8) is 0 Å². The maximum atomic E-state index is 12.6. The molecule has 1 atom stereocenters. The van der Waals surface area contributed by atoms with Crippen LogP contribution < -0.4 is 5.06 Å². The van der Waals surface area contributed by atoms with E-state index in [1.807, 2.05) is 74.5 Å². The lowest BCUT2D eigenvalue weighted by Gasteiger charge is -2.37. The summed E-state index contributed by atoms with van der Waals surface area (Å²) in [6, 6.07) is 19.3. The van der Waals surface area contributed by atoms with Gasteiger partial charge in [0.15, 0.2) is 11.5 Å². The fourth-order valence-corrected chi connectivity index (χ4v) is 2.29. The van der Waals surface area contributed by atoms with Gasteiger partial charge in [-0.2, -0.15) is 4.99 Å². The zero-order valence-corrected chi connectivity index (χ0v) is 12.1. The summed E-state index contributed by atoms with van der Waals surface area (Å²) < 4.78 is 0. The molecule has 21 heavy (non-hydrogen) atoms. The van der Waals surface area contributed by atoms with E-state index in [1.165, 1.54) is 0 Å². The van der Waals surface area contributed by atoms with Gasteiger partial charge in [0.2, 0.25) is 5.84 Å². The minimum atomic E-state index is -0.794. The highest BCUT2D eigenvalue weighted by Crippen LogP contribution is 2.13. The molecule has 4 heteroatoms. The van der Waals surface area contributed by atoms with Crippen LogP contribution in [0.3, 0.4) is 0 Å². The first-order chi connectivity index (χ1) is 10.1. The van der Waals surface area contributed by atoms with E-state index in [0.717, 1.165) is 11.1 Å². The van der Waals surface area contributed by atoms with Crippen molar-refractivity contribution in [2.75, 3.05) is 0 Å². The average molecular weight is 279 g/mol. The van der Waals surface area contributed by atoms with Crippen molar-refractivity contribution >= 4 is 11.7 Å². The molecule has 2 aromatic carbocycles. The van der Waals surface area contributed by atoms with Crippen molar-refractivity contribution in [2.24, 2.45) is 9.98 Å². The van der Waals surface area contributed by atoms with Crippen LogP contribution in [0.5, 0.6) is 0 Å². The summed E-state index contributed by atoms with van der Waals surface area (Å²) in [7, 11) is 0. The Bertz CT molecular complexity index is 690. The minimum Gasteiger partial charge on any atom is -0.626 e. The van der Waals surface area contributed by atoms with Gasteiger partial charge in [-0.05, 0) is 12.1 Å². The second kappa shape index (κ2) is 5.24. The molecule has 1 heterocycles. The van der Waals surface area contributed by atoms with E-state index in [2.05, 4.69) is 9.98 Å². The lowest BCUT2D eigenvalue weighted by molar-refractivity contribution is -0.807. The summed E-state index contributed by atoms with van der Waals surface area (Å²) in [6.45, 7) is 3.66. The first kappa shape index (κ1) is 13.7. The number of hydroxylamine groups is 2.